The summed E-state index contributed by atoms with van der Waals surface area (Å²) < 4.78 is 37.6. The van der Waals surface area contributed by atoms with Crippen molar-refractivity contribution < 1.29 is 22.7 Å². The summed E-state index contributed by atoms with van der Waals surface area (Å²) in [6.45, 7) is 4.83. The van der Waals surface area contributed by atoms with E-state index in [0.717, 1.165) is 13.1 Å². The smallest absolute Gasteiger partial charge is 0.243 e. The summed E-state index contributed by atoms with van der Waals surface area (Å²) in [7, 11) is -0.670. The molecule has 0 bridgehead atoms. The number of halogens is 1. The molecule has 0 unspecified atom stereocenters. The fraction of sp³-hybridized carbons (Fsp3) is 0.611. The van der Waals surface area contributed by atoms with Crippen molar-refractivity contribution in [2.24, 2.45) is 5.92 Å². The van der Waals surface area contributed by atoms with Gasteiger partial charge in [0.25, 0.3) is 0 Å². The highest BCUT2D eigenvalue weighted by Crippen LogP contribution is 2.31. The highest BCUT2D eigenvalue weighted by Gasteiger charge is 2.32. The Bertz CT molecular complexity index is 737. The number of amides is 1. The first-order valence-corrected chi connectivity index (χ1v) is 10.6. The molecule has 0 radical (unpaired) electrons. The molecule has 1 amide bonds. The summed E-state index contributed by atoms with van der Waals surface area (Å²) in [5.41, 5.74) is 0. The zero-order valence-electron chi connectivity index (χ0n) is 16.6. The Hall–Kier alpha value is -1.55. The summed E-state index contributed by atoms with van der Waals surface area (Å²) in [6, 6.07) is 4.56. The van der Waals surface area contributed by atoms with Crippen molar-refractivity contribution in [1.29, 1.82) is 0 Å². The summed E-state index contributed by atoms with van der Waals surface area (Å²) in [5, 5.41) is 6.05. The van der Waals surface area contributed by atoms with Crippen LogP contribution in [-0.2, 0) is 14.8 Å². The molecule has 0 aromatic heterocycles. The zero-order chi connectivity index (χ0) is 19.9. The van der Waals surface area contributed by atoms with Crippen LogP contribution < -0.4 is 20.1 Å². The van der Waals surface area contributed by atoms with Gasteiger partial charge in [-0.3, -0.25) is 4.79 Å². The molecule has 1 aromatic rings. The maximum Gasteiger partial charge on any atom is 0.243 e. The van der Waals surface area contributed by atoms with Crippen LogP contribution in [0.25, 0.3) is 0 Å². The van der Waals surface area contributed by atoms with E-state index in [4.69, 9.17) is 9.47 Å². The standard InChI is InChI=1S/C18H29N3O5S.ClH/c1-4-19-9-10-20-18(22)14-7-11-21(12-8-14)27(23,24)15-5-6-16(25-2)17(13-15)26-3;/h5-6,13-14,19H,4,7-12H2,1-3H3,(H,20,22);1H. The molecule has 1 fully saturated rings. The molecule has 0 spiro atoms. The zero-order valence-corrected chi connectivity index (χ0v) is 18.2. The van der Waals surface area contributed by atoms with Crippen molar-refractivity contribution in [2.75, 3.05) is 46.9 Å². The van der Waals surface area contributed by atoms with E-state index in [-0.39, 0.29) is 29.1 Å². The monoisotopic (exact) mass is 435 g/mol. The number of carbonyl (C=O) groups excluding carboxylic acids is 1. The van der Waals surface area contributed by atoms with Crippen LogP contribution in [0.4, 0.5) is 0 Å². The second-order valence-corrected chi connectivity index (χ2v) is 8.28. The fourth-order valence-corrected chi connectivity index (χ4v) is 4.57. The second-order valence-electron chi connectivity index (χ2n) is 6.34. The number of hydrogen-bond donors (Lipinski definition) is 2. The van der Waals surface area contributed by atoms with Crippen LogP contribution in [-0.4, -0.2) is 65.6 Å². The van der Waals surface area contributed by atoms with Gasteiger partial charge < -0.3 is 20.1 Å². The number of methoxy groups -OCH3 is 2. The highest BCUT2D eigenvalue weighted by atomic mass is 35.5. The number of likely N-dealkylation sites (N-methyl/N-ethyl adjacent to an activating group) is 1. The number of sulfonamides is 1. The molecule has 8 nitrogen and oxygen atoms in total. The number of nitrogens with zero attached hydrogens (tertiary/aromatic N) is 1. The quantitative estimate of drug-likeness (QED) is 0.567. The number of ether oxygens (including phenoxy) is 2. The SMILES string of the molecule is CCNCCNC(=O)C1CCN(S(=O)(=O)c2ccc(OC)c(OC)c2)CC1.Cl. The Morgan fingerprint density at radius 2 is 1.79 bits per heavy atom. The van der Waals surface area contributed by atoms with E-state index < -0.39 is 10.0 Å². The lowest BCUT2D eigenvalue weighted by molar-refractivity contribution is -0.126. The van der Waals surface area contributed by atoms with Crippen LogP contribution >= 0.6 is 12.4 Å². The molecule has 0 atom stereocenters. The third kappa shape index (κ3) is 5.97. The van der Waals surface area contributed by atoms with Crippen molar-refractivity contribution in [3.63, 3.8) is 0 Å². The lowest BCUT2D eigenvalue weighted by Gasteiger charge is -2.30. The van der Waals surface area contributed by atoms with Crippen LogP contribution in [0.3, 0.4) is 0 Å². The van der Waals surface area contributed by atoms with E-state index in [1.54, 1.807) is 6.07 Å². The molecule has 0 aliphatic carbocycles. The van der Waals surface area contributed by atoms with E-state index in [1.165, 1.54) is 30.7 Å². The molecule has 160 valence electrons. The van der Waals surface area contributed by atoms with Gasteiger partial charge in [0.15, 0.2) is 11.5 Å². The third-order valence-corrected chi connectivity index (χ3v) is 6.56. The largest absolute Gasteiger partial charge is 0.493 e. The van der Waals surface area contributed by atoms with Gasteiger partial charge in [0, 0.05) is 38.2 Å². The van der Waals surface area contributed by atoms with Crippen LogP contribution in [0.1, 0.15) is 19.8 Å². The van der Waals surface area contributed by atoms with E-state index in [2.05, 4.69) is 10.6 Å². The minimum Gasteiger partial charge on any atom is -0.493 e. The average molecular weight is 436 g/mol. The van der Waals surface area contributed by atoms with Gasteiger partial charge in [0.05, 0.1) is 19.1 Å². The van der Waals surface area contributed by atoms with Gasteiger partial charge in [-0.15, -0.1) is 12.4 Å². The van der Waals surface area contributed by atoms with E-state index >= 15 is 0 Å². The first-order chi connectivity index (χ1) is 12.9. The average Bonchev–Trinajstić information content (AvgIpc) is 2.70. The summed E-state index contributed by atoms with van der Waals surface area (Å²) in [4.78, 5) is 12.4. The van der Waals surface area contributed by atoms with Gasteiger partial charge in [-0.2, -0.15) is 4.31 Å². The van der Waals surface area contributed by atoms with Gasteiger partial charge in [0.1, 0.15) is 0 Å². The van der Waals surface area contributed by atoms with Crippen molar-refractivity contribution >= 4 is 28.3 Å². The molecule has 1 aliphatic rings. The van der Waals surface area contributed by atoms with Crippen molar-refractivity contribution in [1.82, 2.24) is 14.9 Å². The van der Waals surface area contributed by atoms with Crippen molar-refractivity contribution in [2.45, 2.75) is 24.7 Å². The van der Waals surface area contributed by atoms with Crippen molar-refractivity contribution in [3.8, 4) is 11.5 Å². The topological polar surface area (TPSA) is 97.0 Å². The highest BCUT2D eigenvalue weighted by molar-refractivity contribution is 7.89. The van der Waals surface area contributed by atoms with Crippen LogP contribution in [0.2, 0.25) is 0 Å². The predicted molar refractivity (Wildman–Crippen MR) is 110 cm³/mol. The number of benzene rings is 1. The van der Waals surface area contributed by atoms with Gasteiger partial charge in [-0.1, -0.05) is 6.92 Å². The summed E-state index contributed by atoms with van der Waals surface area (Å²) in [5.74, 6) is 0.692. The van der Waals surface area contributed by atoms with E-state index in [1.807, 2.05) is 6.92 Å². The number of nitrogens with one attached hydrogen (secondary N) is 2. The second kappa shape index (κ2) is 11.5. The first kappa shape index (κ1) is 24.5. The van der Waals surface area contributed by atoms with E-state index in [9.17, 15) is 13.2 Å². The van der Waals surface area contributed by atoms with Gasteiger partial charge in [0.2, 0.25) is 15.9 Å². The molecular formula is C18H30ClN3O5S. The van der Waals surface area contributed by atoms with Crippen LogP contribution in [0.5, 0.6) is 11.5 Å². The normalized spacial score (nSPS) is 15.5. The predicted octanol–water partition coefficient (Wildman–Crippen LogP) is 1.25. The minimum atomic E-state index is -3.64. The van der Waals surface area contributed by atoms with Crippen LogP contribution in [0, 0.1) is 5.92 Å². The Morgan fingerprint density at radius 3 is 2.36 bits per heavy atom. The number of carbonyl (C=O) groups is 1. The summed E-state index contributed by atoms with van der Waals surface area (Å²) >= 11 is 0. The van der Waals surface area contributed by atoms with E-state index in [0.29, 0.717) is 44.0 Å². The molecule has 2 N–H and O–H groups in total. The summed E-state index contributed by atoms with van der Waals surface area (Å²) in [6.07, 6.45) is 1.03. The fourth-order valence-electron chi connectivity index (χ4n) is 3.08. The molecule has 2 rings (SSSR count). The molecule has 1 aromatic carbocycles. The van der Waals surface area contributed by atoms with Gasteiger partial charge >= 0.3 is 0 Å². The lowest BCUT2D eigenvalue weighted by Crippen LogP contribution is -2.44. The molecule has 28 heavy (non-hydrogen) atoms. The molecule has 1 saturated heterocycles. The number of rotatable bonds is 9. The molecule has 1 heterocycles. The molecular weight excluding hydrogens is 406 g/mol. The third-order valence-electron chi connectivity index (χ3n) is 4.67. The van der Waals surface area contributed by atoms with Crippen LogP contribution in [0.15, 0.2) is 23.1 Å². The Labute approximate surface area is 173 Å². The Balaban J connectivity index is 0.00000392. The maximum atomic E-state index is 12.9. The maximum absolute atomic E-state index is 12.9. The number of hydrogen-bond acceptors (Lipinski definition) is 6. The number of piperidine rings is 1. The van der Waals surface area contributed by atoms with Gasteiger partial charge in [-0.25, -0.2) is 8.42 Å². The molecule has 10 heteroatoms. The lowest BCUT2D eigenvalue weighted by atomic mass is 9.97. The minimum absolute atomic E-state index is 0. The van der Waals surface area contributed by atoms with Crippen molar-refractivity contribution in [3.05, 3.63) is 18.2 Å². The Kier molecular flexibility index (Phi) is 10.0. The Morgan fingerprint density at radius 1 is 1.14 bits per heavy atom. The first-order valence-electron chi connectivity index (χ1n) is 9.14. The molecule has 1 aliphatic heterocycles. The van der Waals surface area contributed by atoms with Gasteiger partial charge in [-0.05, 0) is 31.5 Å². The molecule has 0 saturated carbocycles.